The Labute approximate surface area is 250 Å². The van der Waals surface area contributed by atoms with Crippen LogP contribution in [0.1, 0.15) is 86.5 Å². The van der Waals surface area contributed by atoms with Crippen LogP contribution >= 0.6 is 23.2 Å². The first kappa shape index (κ1) is 28.3. The molecule has 7 nitrogen and oxygen atoms in total. The first-order chi connectivity index (χ1) is 19.6. The van der Waals surface area contributed by atoms with Crippen LogP contribution in [-0.4, -0.2) is 34.8 Å². The maximum atomic E-state index is 13.6. The summed E-state index contributed by atoms with van der Waals surface area (Å²) in [6, 6.07) is 11.0. The summed E-state index contributed by atoms with van der Waals surface area (Å²) in [7, 11) is 0. The number of anilines is 1. The summed E-state index contributed by atoms with van der Waals surface area (Å²) < 4.78 is 17.8. The van der Waals surface area contributed by atoms with E-state index in [1.54, 1.807) is 24.3 Å². The molecular formula is C32H34Cl2N2O5. The van der Waals surface area contributed by atoms with E-state index < -0.39 is 5.60 Å². The van der Waals surface area contributed by atoms with E-state index in [0.717, 1.165) is 48.3 Å². The van der Waals surface area contributed by atoms with E-state index in [0.29, 0.717) is 39.2 Å². The maximum Gasteiger partial charge on any atom is 0.338 e. The van der Waals surface area contributed by atoms with Crippen molar-refractivity contribution in [1.82, 2.24) is 5.16 Å². The van der Waals surface area contributed by atoms with Gasteiger partial charge in [0.1, 0.15) is 17.1 Å². The van der Waals surface area contributed by atoms with Crippen molar-refractivity contribution in [2.75, 3.05) is 4.90 Å². The van der Waals surface area contributed by atoms with Crippen LogP contribution in [0.15, 0.2) is 40.9 Å². The molecule has 2 bridgehead atoms. The van der Waals surface area contributed by atoms with Crippen molar-refractivity contribution in [2.45, 2.75) is 90.1 Å². The normalized spacial score (nSPS) is 22.0. The van der Waals surface area contributed by atoms with E-state index in [1.807, 2.05) is 44.7 Å². The number of hydrogen-bond donors (Lipinski definition) is 0. The van der Waals surface area contributed by atoms with E-state index >= 15 is 0 Å². The summed E-state index contributed by atoms with van der Waals surface area (Å²) in [5, 5.41) is 5.36. The van der Waals surface area contributed by atoms with Gasteiger partial charge in [-0.15, -0.1) is 0 Å². The molecule has 2 saturated carbocycles. The lowest BCUT2D eigenvalue weighted by Crippen LogP contribution is -2.43. The van der Waals surface area contributed by atoms with Crippen molar-refractivity contribution >= 4 is 40.8 Å². The fourth-order valence-electron chi connectivity index (χ4n) is 6.12. The number of carbonyl (C=O) groups excluding carboxylic acids is 2. The molecule has 3 aromatic rings. The van der Waals surface area contributed by atoms with Crippen molar-refractivity contribution in [2.24, 2.45) is 5.92 Å². The molecule has 9 heteroatoms. The minimum atomic E-state index is -0.577. The monoisotopic (exact) mass is 596 g/mol. The molecule has 0 N–H and O–H groups in total. The molecule has 1 aliphatic heterocycles. The molecule has 1 amide bonds. The molecule has 0 spiro atoms. The first-order valence-electron chi connectivity index (χ1n) is 14.3. The lowest BCUT2D eigenvalue weighted by atomic mass is 10.0. The van der Waals surface area contributed by atoms with Gasteiger partial charge in [0.25, 0.3) is 0 Å². The third-order valence-electron chi connectivity index (χ3n) is 8.17. The van der Waals surface area contributed by atoms with Gasteiger partial charge < -0.3 is 18.9 Å². The Hall–Kier alpha value is -2.87. The zero-order valence-electron chi connectivity index (χ0n) is 23.7. The van der Waals surface area contributed by atoms with Crippen molar-refractivity contribution < 1.29 is 23.6 Å². The van der Waals surface area contributed by atoms with Crippen LogP contribution in [0.25, 0.3) is 11.3 Å². The first-order valence-corrected chi connectivity index (χ1v) is 15.0. The SMILES string of the molecule is CCc1cc(N2C(=O)[C@@H]3C[C@H]2C[C@H]3OCc2c(-c3c(Cl)cccc3Cl)noc2C2CC2)ccc1C(=O)OC(C)(C)C. The van der Waals surface area contributed by atoms with E-state index in [9.17, 15) is 9.59 Å². The highest BCUT2D eigenvalue weighted by Gasteiger charge is 2.52. The van der Waals surface area contributed by atoms with Crippen LogP contribution in [0.4, 0.5) is 5.69 Å². The van der Waals surface area contributed by atoms with Crippen molar-refractivity contribution in [3.05, 3.63) is 68.9 Å². The summed E-state index contributed by atoms with van der Waals surface area (Å²) in [5.74, 6) is 0.627. The number of hydrogen-bond acceptors (Lipinski definition) is 6. The van der Waals surface area contributed by atoms with Gasteiger partial charge in [-0.2, -0.15) is 0 Å². The molecule has 2 aliphatic carbocycles. The number of ether oxygens (including phenoxy) is 2. The summed E-state index contributed by atoms with van der Waals surface area (Å²) in [5.41, 5.74) is 3.75. The minimum Gasteiger partial charge on any atom is -0.456 e. The van der Waals surface area contributed by atoms with Gasteiger partial charge in [0.05, 0.1) is 34.2 Å². The van der Waals surface area contributed by atoms with Gasteiger partial charge >= 0.3 is 5.97 Å². The lowest BCUT2D eigenvalue weighted by molar-refractivity contribution is -0.126. The average Bonchev–Trinajstić information content (AvgIpc) is 3.42. The summed E-state index contributed by atoms with van der Waals surface area (Å²) in [6.07, 6.45) is 4.02. The van der Waals surface area contributed by atoms with Crippen LogP contribution in [-0.2, 0) is 27.3 Å². The number of nitrogens with zero attached hydrogens (tertiary/aromatic N) is 2. The van der Waals surface area contributed by atoms with Crippen molar-refractivity contribution in [3.63, 3.8) is 0 Å². The van der Waals surface area contributed by atoms with E-state index in [2.05, 4.69) is 5.16 Å². The maximum absolute atomic E-state index is 13.6. The van der Waals surface area contributed by atoms with E-state index in [1.165, 1.54) is 0 Å². The Morgan fingerprint density at radius 1 is 1.12 bits per heavy atom. The molecule has 3 fully saturated rings. The van der Waals surface area contributed by atoms with E-state index in [-0.39, 0.29) is 36.5 Å². The number of benzene rings is 2. The zero-order chi connectivity index (χ0) is 29.1. The summed E-state index contributed by atoms with van der Waals surface area (Å²) >= 11 is 13.0. The number of halogens is 2. The molecule has 1 saturated heterocycles. The number of carbonyl (C=O) groups is 2. The van der Waals surface area contributed by atoms with Crippen molar-refractivity contribution in [1.29, 1.82) is 0 Å². The molecule has 41 heavy (non-hydrogen) atoms. The highest BCUT2D eigenvalue weighted by atomic mass is 35.5. The average molecular weight is 598 g/mol. The van der Waals surface area contributed by atoms with Gasteiger partial charge in [-0.1, -0.05) is 41.3 Å². The van der Waals surface area contributed by atoms with Gasteiger partial charge in [-0.3, -0.25) is 4.79 Å². The van der Waals surface area contributed by atoms with Gasteiger partial charge in [0.15, 0.2) is 0 Å². The zero-order valence-corrected chi connectivity index (χ0v) is 25.2. The molecule has 0 radical (unpaired) electrons. The van der Waals surface area contributed by atoms with Gasteiger partial charge in [-0.05, 0) is 88.8 Å². The number of esters is 1. The molecule has 2 heterocycles. The lowest BCUT2D eigenvalue weighted by Gasteiger charge is -2.32. The Kier molecular flexibility index (Phi) is 7.41. The topological polar surface area (TPSA) is 81.9 Å². The van der Waals surface area contributed by atoms with Gasteiger partial charge in [0.2, 0.25) is 5.91 Å². The molecule has 2 aromatic carbocycles. The largest absolute Gasteiger partial charge is 0.456 e. The van der Waals surface area contributed by atoms with Crippen LogP contribution in [0.3, 0.4) is 0 Å². The minimum absolute atomic E-state index is 0.0393. The highest BCUT2D eigenvalue weighted by molar-refractivity contribution is 6.39. The Morgan fingerprint density at radius 2 is 1.85 bits per heavy atom. The number of fused-ring (bicyclic) bond motifs is 2. The van der Waals surface area contributed by atoms with E-state index in [4.69, 9.17) is 37.2 Å². The number of amides is 1. The Morgan fingerprint density at radius 3 is 2.49 bits per heavy atom. The number of aromatic nitrogens is 1. The molecule has 1 aromatic heterocycles. The van der Waals surface area contributed by atoms with Crippen LogP contribution in [0.2, 0.25) is 10.0 Å². The standard InChI is InChI=1S/C32H34Cl2N2O5/c1-5-17-13-19(11-12-21(17)31(38)40-32(2,3)4)36-20-14-22(30(36)37)26(15-20)39-16-23-28(35-41-29(23)18-9-10-18)27-24(33)7-6-8-25(27)34/h6-8,11-13,18,20,22,26H,5,9-10,14-16H2,1-4H3/t20-,22+,26+/m0/s1. The fourth-order valence-corrected chi connectivity index (χ4v) is 6.69. The molecule has 216 valence electrons. The fraction of sp³-hybridized carbons (Fsp3) is 0.469. The Bertz CT molecular complexity index is 1490. The second kappa shape index (κ2) is 10.8. The molecule has 3 aliphatic rings. The molecule has 0 unspecified atom stereocenters. The van der Waals surface area contributed by atoms with Crippen LogP contribution in [0, 0.1) is 5.92 Å². The van der Waals surface area contributed by atoms with Gasteiger partial charge in [-0.25, -0.2) is 4.79 Å². The quantitative estimate of drug-likeness (QED) is 0.247. The number of rotatable bonds is 8. The van der Waals surface area contributed by atoms with Gasteiger partial charge in [0, 0.05) is 28.8 Å². The predicted molar refractivity (Wildman–Crippen MR) is 157 cm³/mol. The molecular weight excluding hydrogens is 563 g/mol. The van der Waals surface area contributed by atoms with Crippen molar-refractivity contribution in [3.8, 4) is 11.3 Å². The second-order valence-corrected chi connectivity index (χ2v) is 13.0. The van der Waals surface area contributed by atoms with Crippen LogP contribution < -0.4 is 4.90 Å². The second-order valence-electron chi connectivity index (χ2n) is 12.2. The molecule has 6 rings (SSSR count). The summed E-state index contributed by atoms with van der Waals surface area (Å²) in [4.78, 5) is 28.2. The summed E-state index contributed by atoms with van der Waals surface area (Å²) in [6.45, 7) is 7.83. The predicted octanol–water partition coefficient (Wildman–Crippen LogP) is 7.75. The third-order valence-corrected chi connectivity index (χ3v) is 8.80. The number of piperidine rings is 1. The van der Waals surface area contributed by atoms with Crippen LogP contribution in [0.5, 0.6) is 0 Å². The number of aryl methyl sites for hydroxylation is 1. The Balaban J connectivity index is 1.19. The smallest absolute Gasteiger partial charge is 0.338 e. The highest BCUT2D eigenvalue weighted by Crippen LogP contribution is 2.48. The molecule has 3 atom stereocenters. The third kappa shape index (κ3) is 5.40.